The molecule has 0 saturated carbocycles. The Morgan fingerprint density at radius 2 is 1.85 bits per heavy atom. The molecule has 0 aliphatic carbocycles. The minimum atomic E-state index is -0.790. The second-order valence-electron chi connectivity index (χ2n) is 3.01. The first-order valence-electron chi connectivity index (χ1n) is 4.13. The molecule has 0 bridgehead atoms. The Morgan fingerprint density at radius 1 is 1.31 bits per heavy atom. The largest absolute Gasteiger partial charge is 0.319 e. The second kappa shape index (κ2) is 5.20. The lowest BCUT2D eigenvalue weighted by Gasteiger charge is -2.24. The summed E-state index contributed by atoms with van der Waals surface area (Å²) < 4.78 is 12.6. The molecule has 0 amide bonds. The number of benzene rings is 1. The Morgan fingerprint density at radius 3 is 2.23 bits per heavy atom. The zero-order chi connectivity index (χ0) is 9.03. The van der Waals surface area contributed by atoms with Gasteiger partial charge in [-0.15, -0.1) is 12.4 Å². The highest BCUT2D eigenvalue weighted by molar-refractivity contribution is 5.85. The molecule has 0 spiro atoms. The highest BCUT2D eigenvalue weighted by Crippen LogP contribution is 2.21. The first kappa shape index (κ1) is 12.4. The number of hydrogen-bond acceptors (Lipinski definition) is 1. The molecule has 0 aromatic heterocycles. The van der Waals surface area contributed by atoms with E-state index in [9.17, 15) is 4.39 Å². The number of hydrogen-bond donors (Lipinski definition) is 1. The van der Waals surface area contributed by atoms with Crippen LogP contribution in [0.1, 0.15) is 18.9 Å². The number of alkyl halides is 1. The molecule has 3 heteroatoms. The fourth-order valence-electron chi connectivity index (χ4n) is 1.15. The van der Waals surface area contributed by atoms with Crippen LogP contribution in [0, 0.1) is 0 Å². The van der Waals surface area contributed by atoms with Crippen LogP contribution in [0.25, 0.3) is 0 Å². The van der Waals surface area contributed by atoms with E-state index in [0.717, 1.165) is 5.56 Å². The summed E-state index contributed by atoms with van der Waals surface area (Å²) in [4.78, 5) is 0. The Kier molecular flexibility index (Phi) is 4.96. The molecule has 0 aliphatic rings. The van der Waals surface area contributed by atoms with Crippen LogP contribution in [0.2, 0.25) is 0 Å². The van der Waals surface area contributed by atoms with Crippen LogP contribution >= 0.6 is 12.4 Å². The van der Waals surface area contributed by atoms with Gasteiger partial charge in [0, 0.05) is 0 Å². The molecule has 0 radical (unpaired) electrons. The van der Waals surface area contributed by atoms with Crippen LogP contribution in [0.15, 0.2) is 30.3 Å². The maximum Gasteiger partial charge on any atom is 0.111 e. The number of nitrogens with two attached hydrogens (primary N) is 1. The third-order valence-corrected chi connectivity index (χ3v) is 2.22. The van der Waals surface area contributed by atoms with Gasteiger partial charge in [0.05, 0.1) is 5.54 Å². The van der Waals surface area contributed by atoms with Crippen molar-refractivity contribution in [3.63, 3.8) is 0 Å². The van der Waals surface area contributed by atoms with Crippen molar-refractivity contribution in [3.05, 3.63) is 35.9 Å². The van der Waals surface area contributed by atoms with Gasteiger partial charge in [-0.05, 0) is 12.0 Å². The monoisotopic (exact) mass is 203 g/mol. The maximum absolute atomic E-state index is 12.6. The van der Waals surface area contributed by atoms with Gasteiger partial charge in [0.15, 0.2) is 0 Å². The smallest absolute Gasteiger partial charge is 0.111 e. The van der Waals surface area contributed by atoms with Gasteiger partial charge in [0.2, 0.25) is 0 Å². The number of rotatable bonds is 3. The molecule has 1 aromatic rings. The first-order chi connectivity index (χ1) is 5.73. The van der Waals surface area contributed by atoms with Gasteiger partial charge >= 0.3 is 0 Å². The van der Waals surface area contributed by atoms with E-state index < -0.39 is 12.2 Å². The van der Waals surface area contributed by atoms with Gasteiger partial charge in [0.1, 0.15) is 6.67 Å². The van der Waals surface area contributed by atoms with E-state index >= 15 is 0 Å². The van der Waals surface area contributed by atoms with Crippen LogP contribution < -0.4 is 5.73 Å². The average molecular weight is 204 g/mol. The molecule has 1 unspecified atom stereocenters. The molecule has 13 heavy (non-hydrogen) atoms. The van der Waals surface area contributed by atoms with Crippen molar-refractivity contribution in [1.82, 2.24) is 0 Å². The van der Waals surface area contributed by atoms with E-state index in [1.807, 2.05) is 37.3 Å². The van der Waals surface area contributed by atoms with E-state index in [4.69, 9.17) is 5.73 Å². The van der Waals surface area contributed by atoms with Crippen LogP contribution in [-0.2, 0) is 5.54 Å². The Labute approximate surface area is 84.5 Å². The third kappa shape index (κ3) is 2.68. The lowest BCUT2D eigenvalue weighted by molar-refractivity contribution is 0.303. The van der Waals surface area contributed by atoms with Gasteiger partial charge in [-0.2, -0.15) is 0 Å². The topological polar surface area (TPSA) is 26.0 Å². The van der Waals surface area contributed by atoms with Crippen molar-refractivity contribution >= 4 is 12.4 Å². The van der Waals surface area contributed by atoms with Crippen LogP contribution in [0.5, 0.6) is 0 Å². The van der Waals surface area contributed by atoms with Crippen molar-refractivity contribution in [3.8, 4) is 0 Å². The molecule has 0 fully saturated rings. The molecule has 0 aliphatic heterocycles. The Bertz CT molecular complexity index is 234. The summed E-state index contributed by atoms with van der Waals surface area (Å²) in [6.07, 6.45) is 0.619. The van der Waals surface area contributed by atoms with E-state index in [2.05, 4.69) is 0 Å². The van der Waals surface area contributed by atoms with Gasteiger partial charge in [0.25, 0.3) is 0 Å². The quantitative estimate of drug-likeness (QED) is 0.803. The fraction of sp³-hybridized carbons (Fsp3) is 0.400. The molecule has 74 valence electrons. The fourth-order valence-corrected chi connectivity index (χ4v) is 1.15. The third-order valence-electron chi connectivity index (χ3n) is 2.22. The molecule has 1 aromatic carbocycles. The SMILES string of the molecule is CCC(N)(CF)c1ccccc1.Cl. The standard InChI is InChI=1S/C10H14FN.ClH/c1-2-10(12,8-11)9-6-4-3-5-7-9;/h3-7H,2,8,12H2,1H3;1H. The average Bonchev–Trinajstić information content (AvgIpc) is 2.18. The lowest BCUT2D eigenvalue weighted by atomic mass is 9.90. The van der Waals surface area contributed by atoms with Crippen molar-refractivity contribution in [2.24, 2.45) is 5.73 Å². The van der Waals surface area contributed by atoms with E-state index in [0.29, 0.717) is 6.42 Å². The molecule has 1 nitrogen and oxygen atoms in total. The number of halogens is 2. The normalized spacial score (nSPS) is 14.4. The zero-order valence-corrected chi connectivity index (χ0v) is 8.48. The summed E-state index contributed by atoms with van der Waals surface area (Å²) in [7, 11) is 0. The van der Waals surface area contributed by atoms with Crippen LogP contribution in [0.4, 0.5) is 4.39 Å². The van der Waals surface area contributed by atoms with Gasteiger partial charge in [-0.25, -0.2) is 4.39 Å². The van der Waals surface area contributed by atoms with Crippen molar-refractivity contribution in [2.75, 3.05) is 6.67 Å². The van der Waals surface area contributed by atoms with Crippen molar-refractivity contribution in [1.29, 1.82) is 0 Å². The van der Waals surface area contributed by atoms with E-state index in [1.54, 1.807) is 0 Å². The summed E-state index contributed by atoms with van der Waals surface area (Å²) in [5.41, 5.74) is 5.92. The van der Waals surface area contributed by atoms with Gasteiger partial charge < -0.3 is 5.73 Å². The molecule has 1 atom stereocenters. The molecule has 2 N–H and O–H groups in total. The van der Waals surface area contributed by atoms with E-state index in [-0.39, 0.29) is 12.4 Å². The van der Waals surface area contributed by atoms with E-state index in [1.165, 1.54) is 0 Å². The molecule has 1 rings (SSSR count). The molecular weight excluding hydrogens is 189 g/mol. The van der Waals surface area contributed by atoms with Crippen LogP contribution in [-0.4, -0.2) is 6.67 Å². The first-order valence-corrected chi connectivity index (χ1v) is 4.13. The van der Waals surface area contributed by atoms with Crippen molar-refractivity contribution < 1.29 is 4.39 Å². The van der Waals surface area contributed by atoms with Crippen LogP contribution in [0.3, 0.4) is 0 Å². The summed E-state index contributed by atoms with van der Waals surface area (Å²) in [5.74, 6) is 0. The zero-order valence-electron chi connectivity index (χ0n) is 7.66. The summed E-state index contributed by atoms with van der Waals surface area (Å²) >= 11 is 0. The summed E-state index contributed by atoms with van der Waals surface area (Å²) in [5, 5.41) is 0. The van der Waals surface area contributed by atoms with Gasteiger partial charge in [-0.3, -0.25) is 0 Å². The maximum atomic E-state index is 12.6. The summed E-state index contributed by atoms with van der Waals surface area (Å²) in [6, 6.07) is 9.38. The van der Waals surface area contributed by atoms with Gasteiger partial charge in [-0.1, -0.05) is 37.3 Å². The highest BCUT2D eigenvalue weighted by atomic mass is 35.5. The lowest BCUT2D eigenvalue weighted by Crippen LogP contribution is -2.38. The summed E-state index contributed by atoms with van der Waals surface area (Å²) in [6.45, 7) is 1.39. The molecule has 0 heterocycles. The Hall–Kier alpha value is -0.600. The minimum absolute atomic E-state index is 0. The van der Waals surface area contributed by atoms with Crippen molar-refractivity contribution in [2.45, 2.75) is 18.9 Å². The minimum Gasteiger partial charge on any atom is -0.319 e. The predicted molar refractivity (Wildman–Crippen MR) is 55.8 cm³/mol. The molecule has 0 saturated heterocycles. The second-order valence-corrected chi connectivity index (χ2v) is 3.01. The molecular formula is C10H15ClFN. The predicted octanol–water partition coefficient (Wildman–Crippen LogP) is 2.64. The Balaban J connectivity index is 0.00000144. The highest BCUT2D eigenvalue weighted by Gasteiger charge is 2.24.